The molecule has 0 saturated carbocycles. The van der Waals surface area contributed by atoms with Crippen LogP contribution in [0.2, 0.25) is 0 Å². The van der Waals surface area contributed by atoms with E-state index in [9.17, 15) is 4.79 Å². The van der Waals surface area contributed by atoms with Crippen LogP contribution in [0, 0.1) is 0 Å². The normalized spacial score (nSPS) is 11.4. The van der Waals surface area contributed by atoms with E-state index in [1.54, 1.807) is 31.4 Å². The van der Waals surface area contributed by atoms with Crippen molar-refractivity contribution >= 4 is 5.97 Å². The van der Waals surface area contributed by atoms with Crippen molar-refractivity contribution in [3.63, 3.8) is 0 Å². The highest BCUT2D eigenvalue weighted by Gasteiger charge is 2.18. The number of carboxylic acid groups (broad SMARTS) is 1. The lowest BCUT2D eigenvalue weighted by Crippen LogP contribution is -2.30. The monoisotopic (exact) mass is 250 g/mol. The molecule has 1 aromatic carbocycles. The van der Waals surface area contributed by atoms with Gasteiger partial charge >= 0.3 is 5.97 Å². The van der Waals surface area contributed by atoms with E-state index in [-0.39, 0.29) is 6.54 Å². The minimum atomic E-state index is -0.985. The number of methoxy groups -OCH3 is 1. The van der Waals surface area contributed by atoms with Crippen LogP contribution >= 0.6 is 0 Å². The predicted molar refractivity (Wildman–Crippen MR) is 65.4 cm³/mol. The molecule has 0 amide bonds. The van der Waals surface area contributed by atoms with E-state index in [0.29, 0.717) is 17.9 Å². The molecule has 0 aliphatic rings. The Morgan fingerprint density at radius 2 is 2.22 bits per heavy atom. The summed E-state index contributed by atoms with van der Waals surface area (Å²) in [6.07, 6.45) is 0. The number of carbonyl (C=O) groups is 1. The zero-order valence-corrected chi connectivity index (χ0v) is 9.91. The Balaban J connectivity index is 2.70. The van der Waals surface area contributed by atoms with Gasteiger partial charge in [-0.05, 0) is 23.2 Å². The fourth-order valence-electron chi connectivity index (χ4n) is 1.45. The van der Waals surface area contributed by atoms with Crippen molar-refractivity contribution < 1.29 is 14.6 Å². The van der Waals surface area contributed by atoms with Gasteiger partial charge in [-0.3, -0.25) is 4.79 Å². The summed E-state index contributed by atoms with van der Waals surface area (Å²) in [5.74, 6) is -0.321. The fraction of sp³-hybridized carbons (Fsp3) is 0.364. The summed E-state index contributed by atoms with van der Waals surface area (Å²) in [5, 5.41) is 15.2. The first-order valence-electron chi connectivity index (χ1n) is 5.30. The van der Waals surface area contributed by atoms with Gasteiger partial charge < -0.3 is 15.2 Å². The van der Waals surface area contributed by atoms with E-state index in [4.69, 9.17) is 15.4 Å². The topological polar surface area (TPSA) is 107 Å². The molecule has 0 fully saturated rings. The van der Waals surface area contributed by atoms with Gasteiger partial charge in [0.15, 0.2) is 0 Å². The average Bonchev–Trinajstić information content (AvgIpc) is 2.39. The van der Waals surface area contributed by atoms with Crippen molar-refractivity contribution in [2.24, 2.45) is 5.11 Å². The summed E-state index contributed by atoms with van der Waals surface area (Å²) in [7, 11) is 1.54. The number of benzene rings is 1. The number of hydrogen-bond donors (Lipinski definition) is 2. The zero-order valence-electron chi connectivity index (χ0n) is 9.91. The molecule has 0 heterocycles. The summed E-state index contributed by atoms with van der Waals surface area (Å²) in [4.78, 5) is 13.7. The van der Waals surface area contributed by atoms with E-state index in [1.165, 1.54) is 0 Å². The first-order valence-corrected chi connectivity index (χ1v) is 5.30. The summed E-state index contributed by atoms with van der Waals surface area (Å²) in [6, 6.07) is 5.92. The maximum Gasteiger partial charge on any atom is 0.325 e. The molecule has 96 valence electrons. The number of azide groups is 1. The van der Waals surface area contributed by atoms with Gasteiger partial charge in [-0.1, -0.05) is 17.2 Å². The largest absolute Gasteiger partial charge is 0.497 e. The second-order valence-electron chi connectivity index (χ2n) is 3.45. The van der Waals surface area contributed by atoms with Crippen LogP contribution in [-0.4, -0.2) is 31.3 Å². The van der Waals surface area contributed by atoms with Crippen LogP contribution < -0.4 is 10.1 Å². The zero-order chi connectivity index (χ0) is 13.4. The molecular weight excluding hydrogens is 236 g/mol. The minimum Gasteiger partial charge on any atom is -0.497 e. The van der Waals surface area contributed by atoms with E-state index in [2.05, 4.69) is 15.3 Å². The van der Waals surface area contributed by atoms with E-state index >= 15 is 0 Å². The lowest BCUT2D eigenvalue weighted by atomic mass is 10.1. The van der Waals surface area contributed by atoms with E-state index < -0.39 is 12.0 Å². The number of nitrogens with zero attached hydrogens (tertiary/aromatic N) is 3. The third-order valence-electron chi connectivity index (χ3n) is 2.32. The van der Waals surface area contributed by atoms with Crippen molar-refractivity contribution in [2.45, 2.75) is 6.04 Å². The molecule has 18 heavy (non-hydrogen) atoms. The molecule has 0 aliphatic carbocycles. The van der Waals surface area contributed by atoms with Crippen LogP contribution in [0.15, 0.2) is 29.4 Å². The van der Waals surface area contributed by atoms with Crippen LogP contribution in [0.25, 0.3) is 10.4 Å². The molecule has 2 N–H and O–H groups in total. The highest BCUT2D eigenvalue weighted by molar-refractivity contribution is 5.75. The third kappa shape index (κ3) is 3.97. The summed E-state index contributed by atoms with van der Waals surface area (Å²) in [6.45, 7) is 0.503. The molecule has 0 saturated heterocycles. The van der Waals surface area contributed by atoms with Crippen LogP contribution in [0.4, 0.5) is 0 Å². The average molecular weight is 250 g/mol. The lowest BCUT2D eigenvalue weighted by Gasteiger charge is -2.14. The molecule has 7 nitrogen and oxygen atoms in total. The van der Waals surface area contributed by atoms with Gasteiger partial charge in [-0.15, -0.1) is 0 Å². The molecule has 0 spiro atoms. The van der Waals surface area contributed by atoms with Crippen molar-refractivity contribution in [1.29, 1.82) is 0 Å². The van der Waals surface area contributed by atoms with Crippen LogP contribution in [0.1, 0.15) is 11.6 Å². The second-order valence-corrected chi connectivity index (χ2v) is 3.45. The first kappa shape index (κ1) is 13.8. The smallest absolute Gasteiger partial charge is 0.325 e. The standard InChI is InChI=1S/C11H14N4O3/c1-18-9-4-2-8(3-5-9)10(11(16)17)13-6-7-14-15-12/h2-5,10,13H,6-7H2,1H3,(H,16,17). The highest BCUT2D eigenvalue weighted by Crippen LogP contribution is 2.17. The van der Waals surface area contributed by atoms with Gasteiger partial charge in [0.05, 0.1) is 7.11 Å². The summed E-state index contributed by atoms with van der Waals surface area (Å²) in [5.41, 5.74) is 8.73. The van der Waals surface area contributed by atoms with E-state index in [1.807, 2.05) is 0 Å². The Morgan fingerprint density at radius 3 is 2.72 bits per heavy atom. The van der Waals surface area contributed by atoms with Crippen LogP contribution in [0.5, 0.6) is 5.75 Å². The minimum absolute atomic E-state index is 0.205. The van der Waals surface area contributed by atoms with Crippen molar-refractivity contribution in [1.82, 2.24) is 5.32 Å². The molecule has 1 atom stereocenters. The molecule has 1 aromatic rings. The Hall–Kier alpha value is -2.24. The quantitative estimate of drug-likeness (QED) is 0.332. The van der Waals surface area contributed by atoms with Gasteiger partial charge in [0.25, 0.3) is 0 Å². The third-order valence-corrected chi connectivity index (χ3v) is 2.32. The SMILES string of the molecule is COc1ccc(C(NCCN=[N+]=[N-])C(=O)O)cc1. The Kier molecular flexibility index (Phi) is 5.50. The Morgan fingerprint density at radius 1 is 1.56 bits per heavy atom. The molecule has 0 aromatic heterocycles. The van der Waals surface area contributed by atoms with Gasteiger partial charge in [-0.2, -0.15) is 0 Å². The van der Waals surface area contributed by atoms with Crippen LogP contribution in [-0.2, 0) is 4.79 Å². The molecular formula is C11H14N4O3. The van der Waals surface area contributed by atoms with Gasteiger partial charge in [0, 0.05) is 18.0 Å². The molecule has 0 aliphatic heterocycles. The molecule has 0 bridgehead atoms. The number of nitrogens with one attached hydrogen (secondary N) is 1. The number of rotatable bonds is 7. The van der Waals surface area contributed by atoms with Gasteiger partial charge in [-0.25, -0.2) is 0 Å². The number of ether oxygens (including phenoxy) is 1. The fourth-order valence-corrected chi connectivity index (χ4v) is 1.45. The van der Waals surface area contributed by atoms with Crippen molar-refractivity contribution in [3.05, 3.63) is 40.3 Å². The lowest BCUT2D eigenvalue weighted by molar-refractivity contribution is -0.139. The molecule has 7 heteroatoms. The molecule has 1 rings (SSSR count). The van der Waals surface area contributed by atoms with Crippen molar-refractivity contribution in [3.8, 4) is 5.75 Å². The molecule has 1 unspecified atom stereocenters. The Bertz CT molecular complexity index is 440. The maximum atomic E-state index is 11.1. The van der Waals surface area contributed by atoms with E-state index in [0.717, 1.165) is 0 Å². The maximum absolute atomic E-state index is 11.1. The number of carboxylic acids is 1. The highest BCUT2D eigenvalue weighted by atomic mass is 16.5. The summed E-state index contributed by atoms with van der Waals surface area (Å²) >= 11 is 0. The number of aliphatic carboxylic acids is 1. The predicted octanol–water partition coefficient (Wildman–Crippen LogP) is 1.72. The van der Waals surface area contributed by atoms with Crippen LogP contribution in [0.3, 0.4) is 0 Å². The second kappa shape index (κ2) is 7.16. The van der Waals surface area contributed by atoms with Gasteiger partial charge in [0.1, 0.15) is 11.8 Å². The van der Waals surface area contributed by atoms with Gasteiger partial charge in [0.2, 0.25) is 0 Å². The molecule has 0 radical (unpaired) electrons. The Labute approximate surface area is 104 Å². The van der Waals surface area contributed by atoms with Crippen molar-refractivity contribution in [2.75, 3.05) is 20.2 Å². The summed E-state index contributed by atoms with van der Waals surface area (Å²) < 4.78 is 5.00. The first-order chi connectivity index (χ1) is 8.69. The number of hydrogen-bond acceptors (Lipinski definition) is 4.